The van der Waals surface area contributed by atoms with Gasteiger partial charge in [0.25, 0.3) is 0 Å². The molecule has 0 aliphatic rings. The highest BCUT2D eigenvalue weighted by molar-refractivity contribution is 5.78. The van der Waals surface area contributed by atoms with Crippen LogP contribution in [0.5, 0.6) is 0 Å². The van der Waals surface area contributed by atoms with Crippen LogP contribution in [-0.2, 0) is 4.79 Å². The van der Waals surface area contributed by atoms with Crippen LogP contribution in [0.2, 0.25) is 0 Å². The number of hydrogen-bond donors (Lipinski definition) is 2. The maximum atomic E-state index is 12.0. The molecule has 19 heavy (non-hydrogen) atoms. The lowest BCUT2D eigenvalue weighted by atomic mass is 9.97. The number of furan rings is 1. The summed E-state index contributed by atoms with van der Waals surface area (Å²) in [5.41, 5.74) is 0. The molecule has 2 N–H and O–H groups in total. The van der Waals surface area contributed by atoms with Gasteiger partial charge >= 0.3 is 0 Å². The largest absolute Gasteiger partial charge is 0.467 e. The van der Waals surface area contributed by atoms with Gasteiger partial charge in [-0.15, -0.1) is 0 Å². The lowest BCUT2D eigenvalue weighted by molar-refractivity contribution is -0.125. The molecule has 108 valence electrons. The number of hydrogen-bond acceptors (Lipinski definition) is 3. The van der Waals surface area contributed by atoms with Crippen LogP contribution in [0.15, 0.2) is 22.8 Å². The molecule has 1 amide bonds. The van der Waals surface area contributed by atoms with Gasteiger partial charge in [-0.2, -0.15) is 0 Å². The molecule has 0 saturated carbocycles. The van der Waals surface area contributed by atoms with Gasteiger partial charge < -0.3 is 14.8 Å². The van der Waals surface area contributed by atoms with Crippen molar-refractivity contribution in [2.24, 2.45) is 5.92 Å². The van der Waals surface area contributed by atoms with Gasteiger partial charge in [0.1, 0.15) is 11.9 Å². The Balaban J connectivity index is 2.29. The molecule has 0 bridgehead atoms. The summed E-state index contributed by atoms with van der Waals surface area (Å²) in [6, 6.07) is 3.49. The van der Waals surface area contributed by atoms with Gasteiger partial charge in [0.05, 0.1) is 6.26 Å². The van der Waals surface area contributed by atoms with E-state index in [4.69, 9.17) is 4.42 Å². The molecule has 0 saturated heterocycles. The van der Waals surface area contributed by atoms with Gasteiger partial charge in [-0.25, -0.2) is 0 Å². The average molecular weight is 267 g/mol. The van der Waals surface area contributed by atoms with Crippen molar-refractivity contribution >= 4 is 5.91 Å². The van der Waals surface area contributed by atoms with E-state index in [9.17, 15) is 9.90 Å². The number of carbonyl (C=O) groups is 1. The molecule has 1 atom stereocenters. The van der Waals surface area contributed by atoms with Crippen LogP contribution in [-0.4, -0.2) is 17.6 Å². The number of amides is 1. The van der Waals surface area contributed by atoms with E-state index in [1.807, 2.05) is 0 Å². The van der Waals surface area contributed by atoms with Gasteiger partial charge in [-0.05, 0) is 31.4 Å². The number of nitrogens with one attached hydrogen (secondary N) is 1. The Kier molecular flexibility index (Phi) is 7.26. The molecule has 1 rings (SSSR count). The quantitative estimate of drug-likeness (QED) is 0.723. The predicted octanol–water partition coefficient (Wildman–Crippen LogP) is 3.04. The minimum atomic E-state index is -0.647. The van der Waals surface area contributed by atoms with Crippen molar-refractivity contribution in [1.29, 1.82) is 0 Å². The van der Waals surface area contributed by atoms with Gasteiger partial charge in [0, 0.05) is 12.5 Å². The van der Waals surface area contributed by atoms with E-state index in [-0.39, 0.29) is 11.8 Å². The highest BCUT2D eigenvalue weighted by Gasteiger charge is 2.17. The van der Waals surface area contributed by atoms with Crippen LogP contribution < -0.4 is 5.32 Å². The summed E-state index contributed by atoms with van der Waals surface area (Å²) in [6.45, 7) is 4.66. The highest BCUT2D eigenvalue weighted by atomic mass is 16.4. The molecular formula is C15H25NO3. The van der Waals surface area contributed by atoms with Crippen LogP contribution in [0.1, 0.15) is 57.8 Å². The fraction of sp³-hybridized carbons (Fsp3) is 0.667. The lowest BCUT2D eigenvalue weighted by Crippen LogP contribution is -2.32. The summed E-state index contributed by atoms with van der Waals surface area (Å²) in [7, 11) is 0. The maximum absolute atomic E-state index is 12.0. The Morgan fingerprint density at radius 3 is 2.53 bits per heavy atom. The van der Waals surface area contributed by atoms with Gasteiger partial charge in [-0.3, -0.25) is 4.79 Å². The zero-order valence-electron chi connectivity index (χ0n) is 11.9. The molecule has 0 spiro atoms. The van der Waals surface area contributed by atoms with Crippen LogP contribution >= 0.6 is 0 Å². The Morgan fingerprint density at radius 2 is 2.00 bits per heavy atom. The number of carbonyl (C=O) groups excluding carboxylic acids is 1. The SMILES string of the molecule is CCCC(CCC)C(=O)NCCC(O)c1ccco1. The summed E-state index contributed by atoms with van der Waals surface area (Å²) in [5, 5.41) is 12.7. The molecule has 4 heteroatoms. The lowest BCUT2D eigenvalue weighted by Gasteiger charge is -2.16. The van der Waals surface area contributed by atoms with Gasteiger partial charge in [0.2, 0.25) is 5.91 Å². The Bertz CT molecular complexity index is 342. The van der Waals surface area contributed by atoms with Crippen LogP contribution in [0.25, 0.3) is 0 Å². The summed E-state index contributed by atoms with van der Waals surface area (Å²) < 4.78 is 5.11. The van der Waals surface area contributed by atoms with E-state index in [0.29, 0.717) is 18.7 Å². The van der Waals surface area contributed by atoms with Crippen molar-refractivity contribution in [3.05, 3.63) is 24.2 Å². The summed E-state index contributed by atoms with van der Waals surface area (Å²) in [4.78, 5) is 12.0. The molecule has 4 nitrogen and oxygen atoms in total. The summed E-state index contributed by atoms with van der Waals surface area (Å²) in [6.07, 6.45) is 5.27. The molecule has 0 aromatic carbocycles. The third-order valence-corrected chi connectivity index (χ3v) is 3.23. The first kappa shape index (κ1) is 15.8. The standard InChI is InChI=1S/C15H25NO3/c1-3-6-12(7-4-2)15(18)16-10-9-13(17)14-8-5-11-19-14/h5,8,11-13,17H,3-4,6-7,9-10H2,1-2H3,(H,16,18). The van der Waals surface area contributed by atoms with Crippen molar-refractivity contribution in [1.82, 2.24) is 5.32 Å². The zero-order chi connectivity index (χ0) is 14.1. The molecule has 1 unspecified atom stereocenters. The molecule has 1 aromatic heterocycles. The van der Waals surface area contributed by atoms with E-state index in [2.05, 4.69) is 19.2 Å². The normalized spacial score (nSPS) is 12.6. The van der Waals surface area contributed by atoms with Crippen molar-refractivity contribution < 1.29 is 14.3 Å². The Hall–Kier alpha value is -1.29. The zero-order valence-corrected chi connectivity index (χ0v) is 11.9. The van der Waals surface area contributed by atoms with Crippen molar-refractivity contribution in [2.45, 2.75) is 52.1 Å². The predicted molar refractivity (Wildman–Crippen MR) is 74.6 cm³/mol. The van der Waals surface area contributed by atoms with E-state index in [1.165, 1.54) is 6.26 Å². The van der Waals surface area contributed by atoms with Crippen molar-refractivity contribution in [3.63, 3.8) is 0 Å². The topological polar surface area (TPSA) is 62.5 Å². The van der Waals surface area contributed by atoms with E-state index < -0.39 is 6.10 Å². The van der Waals surface area contributed by atoms with Crippen LogP contribution in [0.3, 0.4) is 0 Å². The molecule has 0 aliphatic carbocycles. The fourth-order valence-electron chi connectivity index (χ4n) is 2.20. The highest BCUT2D eigenvalue weighted by Crippen LogP contribution is 2.17. The first-order chi connectivity index (χ1) is 9.19. The van der Waals surface area contributed by atoms with E-state index >= 15 is 0 Å². The van der Waals surface area contributed by atoms with Crippen molar-refractivity contribution in [2.75, 3.05) is 6.54 Å². The molecule has 1 aromatic rings. The molecule has 0 fully saturated rings. The Morgan fingerprint density at radius 1 is 1.32 bits per heavy atom. The van der Waals surface area contributed by atoms with E-state index in [1.54, 1.807) is 12.1 Å². The summed E-state index contributed by atoms with van der Waals surface area (Å²) in [5.74, 6) is 0.763. The van der Waals surface area contributed by atoms with Crippen molar-refractivity contribution in [3.8, 4) is 0 Å². The second kappa shape index (κ2) is 8.75. The Labute approximate surface area is 115 Å². The molecule has 0 radical (unpaired) electrons. The smallest absolute Gasteiger partial charge is 0.223 e. The maximum Gasteiger partial charge on any atom is 0.223 e. The number of aliphatic hydroxyl groups is 1. The molecule has 0 aliphatic heterocycles. The first-order valence-electron chi connectivity index (χ1n) is 7.18. The average Bonchev–Trinajstić information content (AvgIpc) is 2.92. The van der Waals surface area contributed by atoms with Gasteiger partial charge in [0.15, 0.2) is 0 Å². The van der Waals surface area contributed by atoms with E-state index in [0.717, 1.165) is 25.7 Å². The second-order valence-electron chi connectivity index (χ2n) is 4.89. The molecular weight excluding hydrogens is 242 g/mol. The number of aliphatic hydroxyl groups excluding tert-OH is 1. The monoisotopic (exact) mass is 267 g/mol. The second-order valence-corrected chi connectivity index (χ2v) is 4.89. The van der Waals surface area contributed by atoms with Gasteiger partial charge in [-0.1, -0.05) is 26.7 Å². The van der Waals surface area contributed by atoms with Crippen LogP contribution in [0.4, 0.5) is 0 Å². The first-order valence-corrected chi connectivity index (χ1v) is 7.18. The number of rotatable bonds is 9. The third-order valence-electron chi connectivity index (χ3n) is 3.23. The summed E-state index contributed by atoms with van der Waals surface area (Å²) >= 11 is 0. The fourth-order valence-corrected chi connectivity index (χ4v) is 2.20. The molecule has 1 heterocycles. The third kappa shape index (κ3) is 5.47. The minimum absolute atomic E-state index is 0.107. The minimum Gasteiger partial charge on any atom is -0.467 e. The van der Waals surface area contributed by atoms with Crippen LogP contribution in [0, 0.1) is 5.92 Å².